The summed E-state index contributed by atoms with van der Waals surface area (Å²) in [5, 5.41) is 5.66. The minimum absolute atomic E-state index is 0.317. The molecule has 0 aliphatic carbocycles. The van der Waals surface area contributed by atoms with Gasteiger partial charge in [-0.1, -0.05) is 11.6 Å². The molecule has 6 nitrogen and oxygen atoms in total. The number of carbonyl (C=O) groups is 2. The lowest BCUT2D eigenvalue weighted by Gasteiger charge is -2.33. The Morgan fingerprint density at radius 2 is 2.17 bits per heavy atom. The molecule has 8 heteroatoms. The van der Waals surface area contributed by atoms with E-state index in [9.17, 15) is 9.59 Å². The van der Waals surface area contributed by atoms with Gasteiger partial charge in [0.2, 0.25) is 0 Å². The molecule has 2 aromatic rings. The molecule has 1 aromatic heterocycles. The summed E-state index contributed by atoms with van der Waals surface area (Å²) in [5.41, 5.74) is -1.29. The molecule has 0 bridgehead atoms. The maximum atomic E-state index is 12.5. The van der Waals surface area contributed by atoms with Crippen molar-refractivity contribution in [2.45, 2.75) is 12.5 Å². The Bertz CT molecular complexity index is 797. The van der Waals surface area contributed by atoms with Crippen LogP contribution >= 0.6 is 27.5 Å². The maximum absolute atomic E-state index is 12.5. The van der Waals surface area contributed by atoms with Crippen molar-refractivity contribution in [3.8, 4) is 5.75 Å². The van der Waals surface area contributed by atoms with Gasteiger partial charge in [0.1, 0.15) is 11.6 Å². The summed E-state index contributed by atoms with van der Waals surface area (Å²) in [6, 6.07) is 8.11. The largest absolute Gasteiger partial charge is 0.466 e. The van der Waals surface area contributed by atoms with Gasteiger partial charge in [-0.15, -0.1) is 0 Å². The number of nitrogens with zero attached hydrogens (tertiary/aromatic N) is 1. The molecular weight excluding hydrogens is 386 g/mol. The smallest absolute Gasteiger partial charge is 0.279 e. The molecule has 2 heterocycles. The van der Waals surface area contributed by atoms with Crippen LogP contribution in [-0.2, 0) is 9.59 Å². The fraction of sp³-hybridized carbons (Fsp3) is 0.133. The van der Waals surface area contributed by atoms with E-state index in [1.165, 1.54) is 13.1 Å². The Morgan fingerprint density at radius 3 is 2.87 bits per heavy atom. The number of benzene rings is 1. The van der Waals surface area contributed by atoms with Crippen LogP contribution < -0.4 is 15.4 Å². The van der Waals surface area contributed by atoms with E-state index in [2.05, 4.69) is 31.5 Å². The summed E-state index contributed by atoms with van der Waals surface area (Å²) < 4.78 is 6.40. The number of nitrogens with one attached hydrogen (secondary N) is 2. The van der Waals surface area contributed by atoms with Crippen LogP contribution in [0, 0.1) is 0 Å². The van der Waals surface area contributed by atoms with Crippen LogP contribution in [0.5, 0.6) is 5.75 Å². The quantitative estimate of drug-likeness (QED) is 0.764. The SMILES string of the molecule is CC1(C(=O)Nc2ccc(Br)cn2)Oc2ccc(Cl)cc2NC1=O. The Balaban J connectivity index is 1.85. The molecule has 1 aliphatic rings. The monoisotopic (exact) mass is 395 g/mol. The van der Waals surface area contributed by atoms with Gasteiger partial charge < -0.3 is 15.4 Å². The highest BCUT2D eigenvalue weighted by atomic mass is 79.9. The first kappa shape index (κ1) is 15.8. The number of hydrogen-bond donors (Lipinski definition) is 2. The van der Waals surface area contributed by atoms with Crippen molar-refractivity contribution in [3.63, 3.8) is 0 Å². The van der Waals surface area contributed by atoms with Gasteiger partial charge >= 0.3 is 0 Å². The van der Waals surface area contributed by atoms with E-state index in [4.69, 9.17) is 16.3 Å². The van der Waals surface area contributed by atoms with Gasteiger partial charge in [0.15, 0.2) is 0 Å². The summed E-state index contributed by atoms with van der Waals surface area (Å²) in [5.74, 6) is -0.513. The standard InChI is InChI=1S/C15H11BrClN3O3/c1-15(14(22)20-12-5-2-8(16)7-18-12)13(21)19-10-6-9(17)3-4-11(10)23-15/h2-7H,1H3,(H,19,21)(H,18,20,22). The molecule has 0 saturated heterocycles. The summed E-state index contributed by atoms with van der Waals surface area (Å²) in [6.45, 7) is 1.40. The molecule has 0 fully saturated rings. The third-order valence-electron chi connectivity index (χ3n) is 3.34. The topological polar surface area (TPSA) is 80.3 Å². The fourth-order valence-electron chi connectivity index (χ4n) is 2.03. The number of rotatable bonds is 2. The molecule has 0 radical (unpaired) electrons. The maximum Gasteiger partial charge on any atom is 0.279 e. The van der Waals surface area contributed by atoms with Crippen LogP contribution in [-0.4, -0.2) is 22.4 Å². The van der Waals surface area contributed by atoms with Crippen LogP contribution in [0.3, 0.4) is 0 Å². The Morgan fingerprint density at radius 1 is 1.39 bits per heavy atom. The lowest BCUT2D eigenvalue weighted by molar-refractivity contribution is -0.143. The molecule has 2 N–H and O–H groups in total. The van der Waals surface area contributed by atoms with Crippen LogP contribution in [0.1, 0.15) is 6.92 Å². The predicted molar refractivity (Wildman–Crippen MR) is 89.7 cm³/mol. The van der Waals surface area contributed by atoms with Crippen molar-refractivity contribution >= 4 is 50.9 Å². The summed E-state index contributed by atoms with van der Waals surface area (Å²) in [4.78, 5) is 28.8. The van der Waals surface area contributed by atoms with E-state index in [1.807, 2.05) is 0 Å². The minimum atomic E-state index is -1.71. The first-order valence-electron chi connectivity index (χ1n) is 6.61. The molecule has 1 unspecified atom stereocenters. The number of aromatic nitrogens is 1. The van der Waals surface area contributed by atoms with E-state index in [0.717, 1.165) is 4.47 Å². The second kappa shape index (κ2) is 5.82. The van der Waals surface area contributed by atoms with Crippen LogP contribution in [0.15, 0.2) is 41.0 Å². The molecule has 0 spiro atoms. The van der Waals surface area contributed by atoms with Crippen molar-refractivity contribution in [2.75, 3.05) is 10.6 Å². The third kappa shape index (κ3) is 3.02. The molecule has 1 atom stereocenters. The van der Waals surface area contributed by atoms with Crippen molar-refractivity contribution in [1.29, 1.82) is 0 Å². The van der Waals surface area contributed by atoms with E-state index < -0.39 is 17.4 Å². The van der Waals surface area contributed by atoms with E-state index in [1.54, 1.807) is 30.3 Å². The number of ether oxygens (including phenoxy) is 1. The summed E-state index contributed by atoms with van der Waals surface area (Å²) >= 11 is 9.14. The first-order chi connectivity index (χ1) is 10.9. The Hall–Kier alpha value is -2.12. The highest BCUT2D eigenvalue weighted by Crippen LogP contribution is 2.35. The average Bonchev–Trinajstić information content (AvgIpc) is 2.51. The number of hydrogen-bond acceptors (Lipinski definition) is 4. The van der Waals surface area contributed by atoms with E-state index in [-0.39, 0.29) is 0 Å². The Kier molecular flexibility index (Phi) is 3.99. The molecule has 1 aliphatic heterocycles. The zero-order chi connectivity index (χ0) is 16.6. The number of amides is 2. The minimum Gasteiger partial charge on any atom is -0.466 e. The van der Waals surface area contributed by atoms with E-state index in [0.29, 0.717) is 22.3 Å². The molecule has 23 heavy (non-hydrogen) atoms. The lowest BCUT2D eigenvalue weighted by atomic mass is 10.0. The second-order valence-electron chi connectivity index (χ2n) is 5.05. The highest BCUT2D eigenvalue weighted by Gasteiger charge is 2.47. The molecule has 2 amide bonds. The molecule has 3 rings (SSSR count). The zero-order valence-corrected chi connectivity index (χ0v) is 14.2. The number of halogens is 2. The van der Waals surface area contributed by atoms with E-state index >= 15 is 0 Å². The average molecular weight is 397 g/mol. The number of anilines is 2. The highest BCUT2D eigenvalue weighted by molar-refractivity contribution is 9.10. The zero-order valence-electron chi connectivity index (χ0n) is 11.9. The van der Waals surface area contributed by atoms with Gasteiger partial charge in [-0.3, -0.25) is 9.59 Å². The van der Waals surface area contributed by atoms with Crippen molar-refractivity contribution in [1.82, 2.24) is 4.98 Å². The Labute approximate surface area is 145 Å². The van der Waals surface area contributed by atoms with Gasteiger partial charge in [-0.05, 0) is 53.2 Å². The van der Waals surface area contributed by atoms with Crippen molar-refractivity contribution in [2.24, 2.45) is 0 Å². The first-order valence-corrected chi connectivity index (χ1v) is 7.78. The van der Waals surface area contributed by atoms with Crippen molar-refractivity contribution < 1.29 is 14.3 Å². The van der Waals surface area contributed by atoms with Gasteiger partial charge in [0, 0.05) is 15.7 Å². The summed E-state index contributed by atoms with van der Waals surface area (Å²) in [6.07, 6.45) is 1.54. The molecular formula is C15H11BrClN3O3. The predicted octanol–water partition coefficient (Wildman–Crippen LogP) is 3.23. The van der Waals surface area contributed by atoms with Crippen LogP contribution in [0.25, 0.3) is 0 Å². The second-order valence-corrected chi connectivity index (χ2v) is 6.40. The number of pyridine rings is 1. The molecule has 118 valence electrons. The summed E-state index contributed by atoms with van der Waals surface area (Å²) in [7, 11) is 0. The normalized spacial score (nSPS) is 19.3. The van der Waals surface area contributed by atoms with Gasteiger partial charge in [-0.2, -0.15) is 0 Å². The van der Waals surface area contributed by atoms with Gasteiger partial charge in [0.05, 0.1) is 5.69 Å². The lowest BCUT2D eigenvalue weighted by Crippen LogP contribution is -2.56. The third-order valence-corrected chi connectivity index (χ3v) is 4.04. The van der Waals surface area contributed by atoms with Crippen molar-refractivity contribution in [3.05, 3.63) is 46.0 Å². The number of fused-ring (bicyclic) bond motifs is 1. The molecule has 0 saturated carbocycles. The van der Waals surface area contributed by atoms with Crippen LogP contribution in [0.2, 0.25) is 5.02 Å². The van der Waals surface area contributed by atoms with Gasteiger partial charge in [0.25, 0.3) is 17.4 Å². The fourth-order valence-corrected chi connectivity index (χ4v) is 2.44. The van der Waals surface area contributed by atoms with Gasteiger partial charge in [-0.25, -0.2) is 4.98 Å². The van der Waals surface area contributed by atoms with Crippen LogP contribution in [0.4, 0.5) is 11.5 Å². The number of carbonyl (C=O) groups excluding carboxylic acids is 2. The molecule has 1 aromatic carbocycles.